The number of aryl methyl sites for hydroxylation is 2. The Morgan fingerprint density at radius 1 is 1.07 bits per heavy atom. The quantitative estimate of drug-likeness (QED) is 0.434. The molecule has 9 nitrogen and oxygen atoms in total. The van der Waals surface area contributed by atoms with Crippen molar-refractivity contribution in [2.24, 2.45) is 0 Å². The Hall–Kier alpha value is -3.53. The second kappa shape index (κ2) is 8.07. The minimum absolute atomic E-state index is 0.0175. The highest BCUT2D eigenvalue weighted by atomic mass is 32.1. The van der Waals surface area contributed by atoms with Crippen LogP contribution in [-0.4, -0.2) is 44.8 Å². The van der Waals surface area contributed by atoms with Crippen molar-refractivity contribution >= 4 is 23.1 Å². The molecule has 0 unspecified atom stereocenters. The Bertz CT molecular complexity index is 1230. The van der Waals surface area contributed by atoms with E-state index in [1.165, 1.54) is 15.9 Å². The zero-order valence-corrected chi connectivity index (χ0v) is 17.7. The lowest BCUT2D eigenvalue weighted by Crippen LogP contribution is -2.08. The van der Waals surface area contributed by atoms with E-state index in [2.05, 4.69) is 20.1 Å². The van der Waals surface area contributed by atoms with Gasteiger partial charge in [0.1, 0.15) is 11.6 Å². The molecule has 3 heterocycles. The first kappa shape index (κ1) is 19.8. The maximum absolute atomic E-state index is 12.4. The molecule has 0 aliphatic heterocycles. The maximum Gasteiger partial charge on any atom is 0.378 e. The summed E-state index contributed by atoms with van der Waals surface area (Å²) in [5, 5.41) is 6.80. The minimum Gasteiger partial charge on any atom is -0.493 e. The number of hydrogen-bond donors (Lipinski definition) is 0. The lowest BCUT2D eigenvalue weighted by atomic mass is 10.2. The van der Waals surface area contributed by atoms with Crippen LogP contribution in [0.3, 0.4) is 0 Å². The molecule has 30 heavy (non-hydrogen) atoms. The lowest BCUT2D eigenvalue weighted by molar-refractivity contribution is 0.0454. The van der Waals surface area contributed by atoms with Gasteiger partial charge in [-0.15, -0.1) is 16.4 Å². The van der Waals surface area contributed by atoms with Crippen LogP contribution in [0.5, 0.6) is 11.5 Å². The van der Waals surface area contributed by atoms with Gasteiger partial charge in [-0.25, -0.2) is 19.3 Å². The Morgan fingerprint density at radius 3 is 2.63 bits per heavy atom. The Kier molecular flexibility index (Phi) is 5.32. The number of fused-ring (bicyclic) bond motifs is 1. The Labute approximate surface area is 176 Å². The van der Waals surface area contributed by atoms with Gasteiger partial charge in [0, 0.05) is 22.3 Å². The third-order valence-electron chi connectivity index (χ3n) is 4.33. The van der Waals surface area contributed by atoms with E-state index in [0.717, 1.165) is 22.0 Å². The van der Waals surface area contributed by atoms with Crippen LogP contribution in [0.4, 0.5) is 0 Å². The van der Waals surface area contributed by atoms with E-state index in [-0.39, 0.29) is 12.4 Å². The first-order chi connectivity index (χ1) is 14.5. The van der Waals surface area contributed by atoms with Crippen LogP contribution < -0.4 is 9.47 Å². The van der Waals surface area contributed by atoms with Gasteiger partial charge in [-0.3, -0.25) is 0 Å². The summed E-state index contributed by atoms with van der Waals surface area (Å²) in [6.45, 7) is 3.75. The SMILES string of the molecule is COc1ccc(-c2nc(COC(=O)c3nc4nc(C)cc(C)n4n3)cs2)cc1OC. The summed E-state index contributed by atoms with van der Waals surface area (Å²) in [5.41, 5.74) is 3.15. The van der Waals surface area contributed by atoms with E-state index < -0.39 is 5.97 Å². The van der Waals surface area contributed by atoms with E-state index in [4.69, 9.17) is 14.2 Å². The largest absolute Gasteiger partial charge is 0.493 e. The van der Waals surface area contributed by atoms with Crippen molar-refractivity contribution < 1.29 is 19.0 Å². The van der Waals surface area contributed by atoms with Gasteiger partial charge in [-0.05, 0) is 38.1 Å². The molecule has 3 aromatic heterocycles. The molecule has 1 aromatic carbocycles. The topological polar surface area (TPSA) is 101 Å². The monoisotopic (exact) mass is 425 g/mol. The van der Waals surface area contributed by atoms with E-state index in [1.54, 1.807) is 14.2 Å². The van der Waals surface area contributed by atoms with Crippen molar-refractivity contribution in [1.82, 2.24) is 24.6 Å². The van der Waals surface area contributed by atoms with Crippen molar-refractivity contribution in [2.75, 3.05) is 14.2 Å². The number of carbonyl (C=O) groups excluding carboxylic acids is 1. The van der Waals surface area contributed by atoms with Crippen molar-refractivity contribution in [3.63, 3.8) is 0 Å². The molecule has 0 spiro atoms. The normalized spacial score (nSPS) is 10.9. The van der Waals surface area contributed by atoms with E-state index >= 15 is 0 Å². The number of nitrogens with zero attached hydrogens (tertiary/aromatic N) is 5. The van der Waals surface area contributed by atoms with Crippen LogP contribution in [0.1, 0.15) is 27.7 Å². The van der Waals surface area contributed by atoms with Gasteiger partial charge in [0.05, 0.1) is 19.9 Å². The van der Waals surface area contributed by atoms with Gasteiger partial charge in [-0.1, -0.05) is 0 Å². The summed E-state index contributed by atoms with van der Waals surface area (Å²) < 4.78 is 17.4. The third-order valence-corrected chi connectivity index (χ3v) is 5.27. The number of aromatic nitrogens is 5. The number of esters is 1. The second-order valence-corrected chi connectivity index (χ2v) is 7.33. The van der Waals surface area contributed by atoms with Crippen LogP contribution in [0.2, 0.25) is 0 Å². The predicted molar refractivity (Wildman–Crippen MR) is 110 cm³/mol. The summed E-state index contributed by atoms with van der Waals surface area (Å²) in [7, 11) is 3.17. The van der Waals surface area contributed by atoms with Gasteiger partial charge in [0.25, 0.3) is 11.6 Å². The fourth-order valence-electron chi connectivity index (χ4n) is 2.93. The summed E-state index contributed by atoms with van der Waals surface area (Å²) in [6.07, 6.45) is 0. The number of hydrogen-bond acceptors (Lipinski definition) is 9. The maximum atomic E-state index is 12.4. The number of ether oxygens (including phenoxy) is 3. The zero-order chi connectivity index (χ0) is 21.3. The smallest absolute Gasteiger partial charge is 0.378 e. The van der Waals surface area contributed by atoms with Gasteiger partial charge < -0.3 is 14.2 Å². The predicted octanol–water partition coefficient (Wildman–Crippen LogP) is 3.24. The molecule has 0 aliphatic carbocycles. The van der Waals surface area contributed by atoms with Crippen LogP contribution in [0, 0.1) is 13.8 Å². The van der Waals surface area contributed by atoms with E-state index in [0.29, 0.717) is 23.0 Å². The van der Waals surface area contributed by atoms with E-state index in [1.807, 2.05) is 43.5 Å². The third kappa shape index (κ3) is 3.81. The van der Waals surface area contributed by atoms with E-state index in [9.17, 15) is 4.79 Å². The molecule has 4 aromatic rings. The highest BCUT2D eigenvalue weighted by Gasteiger charge is 2.17. The summed E-state index contributed by atoms with van der Waals surface area (Å²) in [4.78, 5) is 25.3. The molecule has 0 N–H and O–H groups in total. The van der Waals surface area contributed by atoms with Crippen molar-refractivity contribution in [3.05, 3.63) is 52.6 Å². The minimum atomic E-state index is -0.627. The standard InChI is InChI=1S/C20H19N5O4S/c1-11-7-12(2)25-20(21-11)23-17(24-25)19(26)29-9-14-10-30-18(22-14)13-5-6-15(27-3)16(8-13)28-4/h5-8,10H,9H2,1-4H3. The molecule has 0 radical (unpaired) electrons. The van der Waals surface area contributed by atoms with Crippen LogP contribution in [0.15, 0.2) is 29.6 Å². The average Bonchev–Trinajstić information content (AvgIpc) is 3.39. The molecule has 0 saturated heterocycles. The van der Waals surface area contributed by atoms with Gasteiger partial charge in [0.15, 0.2) is 11.5 Å². The number of benzene rings is 1. The molecule has 0 atom stereocenters. The first-order valence-electron chi connectivity index (χ1n) is 9.03. The summed E-state index contributed by atoms with van der Waals surface area (Å²) >= 11 is 1.45. The molecular weight excluding hydrogens is 406 g/mol. The fraction of sp³-hybridized carbons (Fsp3) is 0.250. The highest BCUT2D eigenvalue weighted by molar-refractivity contribution is 7.13. The number of methoxy groups -OCH3 is 2. The molecule has 4 rings (SSSR count). The Morgan fingerprint density at radius 2 is 1.87 bits per heavy atom. The highest BCUT2D eigenvalue weighted by Crippen LogP contribution is 2.33. The van der Waals surface area contributed by atoms with Crippen molar-refractivity contribution in [1.29, 1.82) is 0 Å². The molecule has 0 fully saturated rings. The Balaban J connectivity index is 1.47. The zero-order valence-electron chi connectivity index (χ0n) is 16.9. The first-order valence-corrected chi connectivity index (χ1v) is 9.91. The van der Waals surface area contributed by atoms with Gasteiger partial charge in [-0.2, -0.15) is 4.98 Å². The summed E-state index contributed by atoms with van der Waals surface area (Å²) in [6, 6.07) is 7.43. The summed E-state index contributed by atoms with van der Waals surface area (Å²) in [5.74, 6) is 0.968. The lowest BCUT2D eigenvalue weighted by Gasteiger charge is -2.08. The molecule has 0 bridgehead atoms. The number of carbonyl (C=O) groups is 1. The van der Waals surface area contributed by atoms with Gasteiger partial charge in [0.2, 0.25) is 0 Å². The van der Waals surface area contributed by atoms with Crippen LogP contribution in [0.25, 0.3) is 16.3 Å². The van der Waals surface area contributed by atoms with Crippen LogP contribution in [-0.2, 0) is 11.3 Å². The molecular formula is C20H19N5O4S. The molecule has 10 heteroatoms. The second-order valence-electron chi connectivity index (χ2n) is 6.48. The molecule has 0 saturated carbocycles. The van der Waals surface area contributed by atoms with Crippen molar-refractivity contribution in [2.45, 2.75) is 20.5 Å². The molecule has 0 aliphatic rings. The number of thiazole rings is 1. The average molecular weight is 425 g/mol. The molecule has 154 valence electrons. The van der Waals surface area contributed by atoms with Crippen LogP contribution >= 0.6 is 11.3 Å². The molecule has 0 amide bonds. The fourth-order valence-corrected chi connectivity index (χ4v) is 3.73. The van der Waals surface area contributed by atoms with Gasteiger partial charge >= 0.3 is 5.97 Å². The number of rotatable bonds is 6. The van der Waals surface area contributed by atoms with Crippen molar-refractivity contribution in [3.8, 4) is 22.1 Å².